The fraction of sp³-hybridized carbons (Fsp3) is 0.333. The Balaban J connectivity index is 1.49. The Hall–Kier alpha value is -2.96. The van der Waals surface area contributed by atoms with Gasteiger partial charge >= 0.3 is 12.4 Å². The van der Waals surface area contributed by atoms with Gasteiger partial charge in [-0.3, -0.25) is 0 Å². The lowest BCUT2D eigenvalue weighted by Gasteiger charge is -2.37. The van der Waals surface area contributed by atoms with Crippen LogP contribution in [0.1, 0.15) is 11.1 Å². The van der Waals surface area contributed by atoms with Gasteiger partial charge in [0.05, 0.1) is 11.1 Å². The standard InChI is InChI=1S/C18H14F6N6S/c19-17(20,21)11-7-12(18(22,23)24)9-13(8-11)29-3-5-30(6-4-29)15-2-1-14(27-28-15)16-25-10-26-31-16/h1-2,7-10H,3-6H2. The summed E-state index contributed by atoms with van der Waals surface area (Å²) in [4.78, 5) is 7.42. The number of alkyl halides is 6. The van der Waals surface area contributed by atoms with E-state index in [2.05, 4.69) is 19.6 Å². The highest BCUT2D eigenvalue weighted by atomic mass is 32.1. The van der Waals surface area contributed by atoms with E-state index in [1.54, 1.807) is 12.1 Å². The van der Waals surface area contributed by atoms with E-state index in [0.717, 1.165) is 12.1 Å². The SMILES string of the molecule is FC(F)(F)c1cc(N2CCN(c3ccc(-c4ncns4)nn3)CC2)cc(C(F)(F)F)c1. The smallest absolute Gasteiger partial charge is 0.368 e. The van der Waals surface area contributed by atoms with Crippen molar-refractivity contribution in [3.63, 3.8) is 0 Å². The van der Waals surface area contributed by atoms with Gasteiger partial charge in [0.1, 0.15) is 12.0 Å². The van der Waals surface area contributed by atoms with Crippen molar-refractivity contribution in [1.82, 2.24) is 19.6 Å². The average molecular weight is 460 g/mol. The van der Waals surface area contributed by atoms with Gasteiger partial charge in [0.15, 0.2) is 10.8 Å². The molecule has 0 aliphatic carbocycles. The maximum atomic E-state index is 13.1. The largest absolute Gasteiger partial charge is 0.416 e. The zero-order chi connectivity index (χ0) is 22.2. The summed E-state index contributed by atoms with van der Waals surface area (Å²) in [5.41, 5.74) is -2.19. The molecule has 0 saturated carbocycles. The lowest BCUT2D eigenvalue weighted by atomic mass is 10.1. The highest BCUT2D eigenvalue weighted by Gasteiger charge is 2.37. The molecular formula is C18H14F6N6S. The third-order valence-electron chi connectivity index (χ3n) is 4.77. The molecule has 0 amide bonds. The Kier molecular flexibility index (Phi) is 5.45. The molecule has 164 valence electrons. The summed E-state index contributed by atoms with van der Waals surface area (Å²) in [7, 11) is 0. The number of anilines is 2. The number of rotatable bonds is 3. The third-order valence-corrected chi connectivity index (χ3v) is 5.46. The van der Waals surface area contributed by atoms with Gasteiger partial charge in [-0.1, -0.05) is 0 Å². The van der Waals surface area contributed by atoms with E-state index in [1.165, 1.54) is 22.8 Å². The van der Waals surface area contributed by atoms with Gasteiger partial charge in [0.2, 0.25) is 0 Å². The van der Waals surface area contributed by atoms with Gasteiger partial charge < -0.3 is 9.80 Å². The molecule has 1 saturated heterocycles. The van der Waals surface area contributed by atoms with Crippen molar-refractivity contribution in [1.29, 1.82) is 0 Å². The van der Waals surface area contributed by atoms with Crippen LogP contribution in [0.15, 0.2) is 36.7 Å². The van der Waals surface area contributed by atoms with E-state index in [0.29, 0.717) is 29.6 Å². The first-order valence-electron chi connectivity index (χ1n) is 9.01. The minimum absolute atomic E-state index is 0.112. The van der Waals surface area contributed by atoms with Gasteiger partial charge in [0.25, 0.3) is 0 Å². The first-order valence-corrected chi connectivity index (χ1v) is 9.79. The lowest BCUT2D eigenvalue weighted by molar-refractivity contribution is -0.143. The quantitative estimate of drug-likeness (QED) is 0.542. The normalized spacial score (nSPS) is 15.4. The summed E-state index contributed by atoms with van der Waals surface area (Å²) in [5, 5.41) is 8.87. The number of hydrogen-bond acceptors (Lipinski definition) is 7. The number of piperazine rings is 1. The Morgan fingerprint density at radius 3 is 1.87 bits per heavy atom. The molecule has 13 heteroatoms. The maximum absolute atomic E-state index is 13.1. The molecular weight excluding hydrogens is 446 g/mol. The van der Waals surface area contributed by atoms with E-state index >= 15 is 0 Å². The molecule has 1 fully saturated rings. The summed E-state index contributed by atoms with van der Waals surface area (Å²) < 4.78 is 82.5. The second kappa shape index (κ2) is 7.94. The second-order valence-electron chi connectivity index (χ2n) is 6.76. The summed E-state index contributed by atoms with van der Waals surface area (Å²) in [6.45, 7) is 1.20. The van der Waals surface area contributed by atoms with Crippen molar-refractivity contribution in [3.05, 3.63) is 47.8 Å². The molecule has 0 unspecified atom stereocenters. The van der Waals surface area contributed by atoms with Crippen molar-refractivity contribution >= 4 is 23.0 Å². The first-order chi connectivity index (χ1) is 14.6. The number of aromatic nitrogens is 4. The zero-order valence-electron chi connectivity index (χ0n) is 15.7. The van der Waals surface area contributed by atoms with Gasteiger partial charge in [-0.25, -0.2) is 4.98 Å². The fourth-order valence-electron chi connectivity index (χ4n) is 3.21. The van der Waals surface area contributed by atoms with E-state index in [4.69, 9.17) is 0 Å². The monoisotopic (exact) mass is 460 g/mol. The van der Waals surface area contributed by atoms with Crippen molar-refractivity contribution in [2.24, 2.45) is 0 Å². The van der Waals surface area contributed by atoms with Crippen molar-refractivity contribution in [3.8, 4) is 10.7 Å². The van der Waals surface area contributed by atoms with E-state index < -0.39 is 23.5 Å². The van der Waals surface area contributed by atoms with Crippen LogP contribution < -0.4 is 9.80 Å². The van der Waals surface area contributed by atoms with E-state index in [1.807, 2.05) is 4.90 Å². The van der Waals surface area contributed by atoms with Gasteiger partial charge in [0, 0.05) is 31.9 Å². The highest BCUT2D eigenvalue weighted by molar-refractivity contribution is 7.09. The fourth-order valence-corrected chi connectivity index (χ4v) is 3.70. The van der Waals surface area contributed by atoms with Gasteiger partial charge in [-0.05, 0) is 41.9 Å². The third kappa shape index (κ3) is 4.70. The minimum Gasteiger partial charge on any atom is -0.368 e. The van der Waals surface area contributed by atoms with Crippen LogP contribution in [-0.2, 0) is 12.4 Å². The molecule has 4 rings (SSSR count). The molecule has 1 aliphatic heterocycles. The van der Waals surface area contributed by atoms with Crippen LogP contribution in [0.3, 0.4) is 0 Å². The summed E-state index contributed by atoms with van der Waals surface area (Å²) in [6, 6.07) is 5.11. The summed E-state index contributed by atoms with van der Waals surface area (Å²) in [5.74, 6) is 0.563. The van der Waals surface area contributed by atoms with Gasteiger partial charge in [-0.2, -0.15) is 30.7 Å². The Morgan fingerprint density at radius 1 is 0.774 bits per heavy atom. The zero-order valence-corrected chi connectivity index (χ0v) is 16.5. The molecule has 0 bridgehead atoms. The molecule has 6 nitrogen and oxygen atoms in total. The van der Waals surface area contributed by atoms with Crippen molar-refractivity contribution in [2.75, 3.05) is 36.0 Å². The Bertz CT molecular complexity index is 995. The molecule has 31 heavy (non-hydrogen) atoms. The maximum Gasteiger partial charge on any atom is 0.416 e. The van der Waals surface area contributed by atoms with Crippen LogP contribution in [0.25, 0.3) is 10.7 Å². The van der Waals surface area contributed by atoms with Crippen LogP contribution in [0, 0.1) is 0 Å². The predicted molar refractivity (Wildman–Crippen MR) is 102 cm³/mol. The number of halogens is 6. The van der Waals surface area contributed by atoms with Crippen LogP contribution in [0.5, 0.6) is 0 Å². The van der Waals surface area contributed by atoms with Crippen LogP contribution in [0.4, 0.5) is 37.8 Å². The molecule has 3 heterocycles. The highest BCUT2D eigenvalue weighted by Crippen LogP contribution is 2.38. The van der Waals surface area contributed by atoms with Crippen LogP contribution >= 0.6 is 11.5 Å². The van der Waals surface area contributed by atoms with E-state index in [-0.39, 0.29) is 24.8 Å². The summed E-state index contributed by atoms with van der Waals surface area (Å²) in [6.07, 6.45) is -8.34. The minimum atomic E-state index is -4.87. The lowest BCUT2D eigenvalue weighted by Crippen LogP contribution is -2.47. The van der Waals surface area contributed by atoms with E-state index in [9.17, 15) is 26.3 Å². The molecule has 1 aliphatic rings. The first kappa shape index (κ1) is 21.3. The number of nitrogens with zero attached hydrogens (tertiary/aromatic N) is 6. The molecule has 0 radical (unpaired) electrons. The average Bonchev–Trinajstić information content (AvgIpc) is 3.27. The molecule has 0 atom stereocenters. The van der Waals surface area contributed by atoms with Crippen molar-refractivity contribution < 1.29 is 26.3 Å². The molecule has 3 aromatic rings. The van der Waals surface area contributed by atoms with Gasteiger partial charge in [-0.15, -0.1) is 10.2 Å². The van der Waals surface area contributed by atoms with Crippen molar-refractivity contribution in [2.45, 2.75) is 12.4 Å². The number of benzene rings is 1. The van der Waals surface area contributed by atoms with Crippen LogP contribution in [0.2, 0.25) is 0 Å². The molecule has 2 aromatic heterocycles. The van der Waals surface area contributed by atoms with Crippen LogP contribution in [-0.4, -0.2) is 45.7 Å². The molecule has 0 spiro atoms. The Labute approximate surface area is 176 Å². The molecule has 0 N–H and O–H groups in total. The Morgan fingerprint density at radius 2 is 1.39 bits per heavy atom. The molecule has 1 aromatic carbocycles. The summed E-state index contributed by atoms with van der Waals surface area (Å²) >= 11 is 1.18. The predicted octanol–water partition coefficient (Wildman–Crippen LogP) is 4.36. The topological polar surface area (TPSA) is 58.0 Å². The number of hydrogen-bond donors (Lipinski definition) is 0. The second-order valence-corrected chi connectivity index (χ2v) is 7.54.